The predicted octanol–water partition coefficient (Wildman–Crippen LogP) is 5.20. The first kappa shape index (κ1) is 21.3. The number of alkyl halides is 4. The van der Waals surface area contributed by atoms with Gasteiger partial charge >= 0.3 is 18.4 Å². The van der Waals surface area contributed by atoms with E-state index in [1.165, 1.54) is 59.1 Å². The summed E-state index contributed by atoms with van der Waals surface area (Å²) in [4.78, 5) is 13.8. The normalized spacial score (nSPS) is 13.7. The first-order valence-corrected chi connectivity index (χ1v) is 10.5. The summed E-state index contributed by atoms with van der Waals surface area (Å²) in [6.45, 7) is 0. The van der Waals surface area contributed by atoms with Crippen molar-refractivity contribution in [1.29, 1.82) is 0 Å². The lowest BCUT2D eigenvalue weighted by atomic mass is 10.0. The van der Waals surface area contributed by atoms with Gasteiger partial charge in [-0.2, -0.15) is 17.6 Å². The Morgan fingerprint density at radius 1 is 1.00 bits per heavy atom. The lowest BCUT2D eigenvalue weighted by Gasteiger charge is -2.16. The SMILES string of the molecule is O=C(N[n+]1cc2c(s1)CCCC2)c1ccc(-c2ccc(OC(F)(F)C(F)F)cc2)cc1. The fraction of sp³-hybridized carbons (Fsp3) is 0.273. The topological polar surface area (TPSA) is 42.2 Å². The third-order valence-electron chi connectivity index (χ3n) is 4.99. The molecule has 0 atom stereocenters. The zero-order valence-electron chi connectivity index (χ0n) is 16.3. The number of benzene rings is 2. The van der Waals surface area contributed by atoms with Crippen molar-refractivity contribution >= 4 is 17.4 Å². The number of rotatable bonds is 6. The minimum absolute atomic E-state index is 0.242. The molecular weight excluding hydrogens is 432 g/mol. The summed E-state index contributed by atoms with van der Waals surface area (Å²) in [5, 5.41) is 0. The van der Waals surface area contributed by atoms with Crippen LogP contribution in [-0.2, 0) is 12.8 Å². The molecule has 3 aromatic rings. The number of fused-ring (bicyclic) bond motifs is 1. The quantitative estimate of drug-likeness (QED) is 0.413. The molecule has 0 bridgehead atoms. The highest BCUT2D eigenvalue weighted by molar-refractivity contribution is 7.02. The van der Waals surface area contributed by atoms with Crippen molar-refractivity contribution in [2.75, 3.05) is 5.43 Å². The van der Waals surface area contributed by atoms with Gasteiger partial charge in [0, 0.05) is 11.1 Å². The third kappa shape index (κ3) is 4.87. The van der Waals surface area contributed by atoms with Crippen molar-refractivity contribution in [2.24, 2.45) is 0 Å². The molecule has 0 saturated heterocycles. The van der Waals surface area contributed by atoms with Crippen LogP contribution in [0.2, 0.25) is 0 Å². The molecule has 31 heavy (non-hydrogen) atoms. The fourth-order valence-electron chi connectivity index (χ4n) is 3.38. The summed E-state index contributed by atoms with van der Waals surface area (Å²) in [5.74, 6) is -0.603. The van der Waals surface area contributed by atoms with Gasteiger partial charge in [0.2, 0.25) is 6.20 Å². The van der Waals surface area contributed by atoms with Crippen molar-refractivity contribution < 1.29 is 31.2 Å². The second-order valence-corrected chi connectivity index (χ2v) is 8.28. The Labute approximate surface area is 180 Å². The van der Waals surface area contributed by atoms with Crippen LogP contribution in [0.3, 0.4) is 0 Å². The van der Waals surface area contributed by atoms with Gasteiger partial charge in [0.15, 0.2) is 11.5 Å². The minimum atomic E-state index is -4.55. The molecule has 162 valence electrons. The molecule has 1 aliphatic carbocycles. The number of carbonyl (C=O) groups is 1. The van der Waals surface area contributed by atoms with E-state index >= 15 is 0 Å². The highest BCUT2D eigenvalue weighted by atomic mass is 32.1. The van der Waals surface area contributed by atoms with Gasteiger partial charge in [-0.25, -0.2) is 0 Å². The van der Waals surface area contributed by atoms with Crippen molar-refractivity contribution in [3.05, 3.63) is 70.7 Å². The number of hydrogen-bond donors (Lipinski definition) is 1. The number of aromatic nitrogens is 1. The van der Waals surface area contributed by atoms with Crippen LogP contribution in [0.25, 0.3) is 11.1 Å². The number of nitrogens with one attached hydrogen (secondary N) is 1. The number of hydrogen-bond acceptors (Lipinski definition) is 3. The van der Waals surface area contributed by atoms with Crippen molar-refractivity contribution in [2.45, 2.75) is 38.2 Å². The zero-order valence-corrected chi connectivity index (χ0v) is 17.1. The van der Waals surface area contributed by atoms with E-state index in [-0.39, 0.29) is 11.7 Å². The van der Waals surface area contributed by atoms with E-state index < -0.39 is 12.5 Å². The standard InChI is InChI=1S/C22H18F4N2O2S/c23-21(24)22(25,26)30-18-11-9-15(10-12-18)14-5-7-16(8-6-14)20(29)27-28-13-17-3-1-2-4-19(17)31-28/h5-13,21H,1-4H2/p+1. The molecule has 1 aliphatic rings. The van der Waals surface area contributed by atoms with Crippen LogP contribution in [0.1, 0.15) is 33.6 Å². The summed E-state index contributed by atoms with van der Waals surface area (Å²) >= 11 is 1.54. The molecule has 1 N–H and O–H groups in total. The number of halogens is 4. The van der Waals surface area contributed by atoms with Crippen LogP contribution in [0, 0.1) is 0 Å². The highest BCUT2D eigenvalue weighted by Crippen LogP contribution is 2.29. The maximum Gasteiger partial charge on any atom is 0.461 e. The summed E-state index contributed by atoms with van der Waals surface area (Å²) in [6.07, 6.45) is -2.08. The van der Waals surface area contributed by atoms with Gasteiger partial charge in [0.25, 0.3) is 0 Å². The van der Waals surface area contributed by atoms with Crippen LogP contribution in [0.5, 0.6) is 5.75 Å². The molecule has 4 rings (SSSR count). The number of carbonyl (C=O) groups excluding carboxylic acids is 1. The number of amides is 1. The van der Waals surface area contributed by atoms with Crippen LogP contribution in [0.15, 0.2) is 54.7 Å². The van der Waals surface area contributed by atoms with Crippen LogP contribution in [0.4, 0.5) is 17.6 Å². The maximum atomic E-state index is 13.0. The lowest BCUT2D eigenvalue weighted by Crippen LogP contribution is -2.44. The molecule has 9 heteroatoms. The second-order valence-electron chi connectivity index (χ2n) is 7.21. The largest absolute Gasteiger partial charge is 0.461 e. The molecule has 4 nitrogen and oxygen atoms in total. The number of nitrogens with zero attached hydrogens (tertiary/aromatic N) is 1. The fourth-order valence-corrected chi connectivity index (χ4v) is 4.43. The van der Waals surface area contributed by atoms with Gasteiger partial charge < -0.3 is 4.74 Å². The van der Waals surface area contributed by atoms with E-state index in [1.54, 1.807) is 28.3 Å². The molecule has 0 saturated carbocycles. The average molecular weight is 451 g/mol. The Morgan fingerprint density at radius 2 is 1.61 bits per heavy atom. The Kier molecular flexibility index (Phi) is 5.95. The van der Waals surface area contributed by atoms with Crippen LogP contribution in [-0.4, -0.2) is 18.4 Å². The number of aryl methyl sites for hydroxylation is 2. The maximum absolute atomic E-state index is 13.0. The van der Waals surface area contributed by atoms with Gasteiger partial charge in [-0.15, -0.1) is 5.43 Å². The summed E-state index contributed by atoms with van der Waals surface area (Å²) in [5.41, 5.74) is 6.02. The summed E-state index contributed by atoms with van der Waals surface area (Å²) in [6, 6.07) is 12.1. The lowest BCUT2D eigenvalue weighted by molar-refractivity contribution is -0.569. The van der Waals surface area contributed by atoms with Gasteiger partial charge in [-0.05, 0) is 65.1 Å². The van der Waals surface area contributed by atoms with Crippen LogP contribution >= 0.6 is 11.5 Å². The Morgan fingerprint density at radius 3 is 2.23 bits per heavy atom. The average Bonchev–Trinajstić information content (AvgIpc) is 3.16. The highest BCUT2D eigenvalue weighted by Gasteiger charge is 2.43. The van der Waals surface area contributed by atoms with E-state index in [0.717, 1.165) is 18.4 Å². The molecular formula is C22H19F4N2O2S+. The molecule has 1 heterocycles. The molecule has 0 radical (unpaired) electrons. The van der Waals surface area contributed by atoms with E-state index in [0.29, 0.717) is 11.1 Å². The minimum Gasteiger partial charge on any atom is -0.428 e. The monoisotopic (exact) mass is 451 g/mol. The molecule has 0 unspecified atom stereocenters. The molecule has 0 fully saturated rings. The van der Waals surface area contributed by atoms with E-state index in [1.807, 2.05) is 6.20 Å². The van der Waals surface area contributed by atoms with Crippen LogP contribution < -0.4 is 14.2 Å². The molecule has 1 amide bonds. The summed E-state index contributed by atoms with van der Waals surface area (Å²) in [7, 11) is 0. The molecule has 0 aliphatic heterocycles. The molecule has 2 aromatic carbocycles. The predicted molar refractivity (Wildman–Crippen MR) is 108 cm³/mol. The Hall–Kier alpha value is -2.94. The van der Waals surface area contributed by atoms with Crippen molar-refractivity contribution in [3.63, 3.8) is 0 Å². The Bertz CT molecular complexity index is 1040. The molecule has 1 aromatic heterocycles. The van der Waals surface area contributed by atoms with Crippen molar-refractivity contribution in [3.8, 4) is 16.9 Å². The second kappa shape index (κ2) is 8.66. The van der Waals surface area contributed by atoms with Crippen molar-refractivity contribution in [1.82, 2.24) is 0 Å². The zero-order chi connectivity index (χ0) is 22.0. The van der Waals surface area contributed by atoms with Gasteiger partial charge in [0.1, 0.15) is 5.75 Å². The van der Waals surface area contributed by atoms with Gasteiger partial charge in [-0.1, -0.05) is 24.3 Å². The smallest absolute Gasteiger partial charge is 0.428 e. The third-order valence-corrected chi connectivity index (χ3v) is 6.07. The van der Waals surface area contributed by atoms with E-state index in [2.05, 4.69) is 10.2 Å². The molecule has 0 spiro atoms. The van der Waals surface area contributed by atoms with E-state index in [4.69, 9.17) is 0 Å². The number of ether oxygens (including phenoxy) is 1. The first-order chi connectivity index (χ1) is 14.8. The van der Waals surface area contributed by atoms with Gasteiger partial charge in [-0.3, -0.25) is 4.79 Å². The van der Waals surface area contributed by atoms with E-state index in [9.17, 15) is 22.4 Å². The first-order valence-electron chi connectivity index (χ1n) is 9.72. The van der Waals surface area contributed by atoms with Gasteiger partial charge in [0.05, 0.1) is 4.88 Å². The Balaban J connectivity index is 1.41. The summed E-state index contributed by atoms with van der Waals surface area (Å²) < 4.78 is 56.2.